The second-order valence-electron chi connectivity index (χ2n) is 8.59. The molecule has 6 nitrogen and oxygen atoms in total. The van der Waals surface area contributed by atoms with Gasteiger partial charge in [-0.25, -0.2) is 0 Å². The minimum absolute atomic E-state index is 0.0575. The van der Waals surface area contributed by atoms with Gasteiger partial charge in [-0.2, -0.15) is 0 Å². The Labute approximate surface area is 184 Å². The number of carbonyl (C=O) groups is 2. The molecule has 31 heavy (non-hydrogen) atoms. The molecular weight excluding hydrogens is 390 g/mol. The molecule has 2 aromatic rings. The zero-order valence-corrected chi connectivity index (χ0v) is 18.3. The molecule has 2 saturated heterocycles. The van der Waals surface area contributed by atoms with E-state index in [4.69, 9.17) is 4.74 Å². The number of aryl methyl sites for hydroxylation is 1. The summed E-state index contributed by atoms with van der Waals surface area (Å²) in [5, 5.41) is 0. The molecule has 6 heteroatoms. The first kappa shape index (κ1) is 21.3. The molecule has 1 unspecified atom stereocenters. The number of pyridine rings is 1. The molecule has 1 atom stereocenters. The van der Waals surface area contributed by atoms with Crippen molar-refractivity contribution in [2.24, 2.45) is 5.92 Å². The number of carbonyl (C=O) groups excluding carboxylic acids is 2. The Kier molecular flexibility index (Phi) is 6.85. The van der Waals surface area contributed by atoms with Crippen LogP contribution in [-0.2, 0) is 11.2 Å². The fourth-order valence-corrected chi connectivity index (χ4v) is 4.54. The van der Waals surface area contributed by atoms with Gasteiger partial charge in [-0.1, -0.05) is 12.1 Å². The van der Waals surface area contributed by atoms with E-state index in [1.165, 1.54) is 0 Å². The maximum atomic E-state index is 13.1. The summed E-state index contributed by atoms with van der Waals surface area (Å²) >= 11 is 0. The maximum Gasteiger partial charge on any atom is 0.253 e. The van der Waals surface area contributed by atoms with Gasteiger partial charge in [0.1, 0.15) is 12.4 Å². The van der Waals surface area contributed by atoms with E-state index in [2.05, 4.69) is 17.1 Å². The summed E-state index contributed by atoms with van der Waals surface area (Å²) in [7, 11) is 0. The number of piperidine rings is 1. The predicted molar refractivity (Wildman–Crippen MR) is 119 cm³/mol. The van der Waals surface area contributed by atoms with E-state index in [9.17, 15) is 9.59 Å². The van der Waals surface area contributed by atoms with Crippen LogP contribution in [0.2, 0.25) is 0 Å². The lowest BCUT2D eigenvalue weighted by molar-refractivity contribution is -0.128. The largest absolute Gasteiger partial charge is 0.492 e. The predicted octanol–water partition coefficient (Wildman–Crippen LogP) is 3.49. The fourth-order valence-electron chi connectivity index (χ4n) is 4.54. The van der Waals surface area contributed by atoms with Gasteiger partial charge in [0.05, 0.1) is 6.54 Å². The van der Waals surface area contributed by atoms with E-state index in [1.54, 1.807) is 0 Å². The number of nitrogens with zero attached hydrogens (tertiary/aromatic N) is 3. The number of likely N-dealkylation sites (tertiary alicyclic amines) is 2. The summed E-state index contributed by atoms with van der Waals surface area (Å²) in [5.74, 6) is 1.37. The molecule has 1 aromatic carbocycles. The van der Waals surface area contributed by atoms with Crippen LogP contribution in [0.4, 0.5) is 0 Å². The van der Waals surface area contributed by atoms with E-state index >= 15 is 0 Å². The third kappa shape index (κ3) is 5.63. The molecule has 0 N–H and O–H groups in total. The van der Waals surface area contributed by atoms with E-state index < -0.39 is 0 Å². The summed E-state index contributed by atoms with van der Waals surface area (Å²) in [5.41, 5.74) is 2.79. The Morgan fingerprint density at radius 1 is 1.16 bits per heavy atom. The van der Waals surface area contributed by atoms with E-state index in [0.717, 1.165) is 56.7 Å². The van der Waals surface area contributed by atoms with Crippen LogP contribution in [0.3, 0.4) is 0 Å². The first-order chi connectivity index (χ1) is 15.1. The van der Waals surface area contributed by atoms with Gasteiger partial charge < -0.3 is 14.5 Å². The Morgan fingerprint density at radius 3 is 2.84 bits per heavy atom. The minimum atomic E-state index is 0.0575. The second-order valence-corrected chi connectivity index (χ2v) is 8.59. The highest BCUT2D eigenvalue weighted by Gasteiger charge is 2.25. The van der Waals surface area contributed by atoms with Crippen molar-refractivity contribution in [1.29, 1.82) is 0 Å². The van der Waals surface area contributed by atoms with Crippen molar-refractivity contribution >= 4 is 11.8 Å². The normalized spacial score (nSPS) is 19.0. The number of ether oxygens (including phenoxy) is 1. The topological polar surface area (TPSA) is 62.7 Å². The van der Waals surface area contributed by atoms with Crippen LogP contribution in [0.5, 0.6) is 5.75 Å². The maximum absolute atomic E-state index is 13.1. The molecule has 1 aromatic heterocycles. The molecule has 0 radical (unpaired) electrons. The first-order valence-corrected chi connectivity index (χ1v) is 11.3. The fraction of sp³-hybridized carbons (Fsp3) is 0.480. The lowest BCUT2D eigenvalue weighted by Gasteiger charge is -2.33. The molecule has 0 saturated carbocycles. The van der Waals surface area contributed by atoms with Crippen LogP contribution in [0.15, 0.2) is 42.5 Å². The number of aromatic nitrogens is 1. The van der Waals surface area contributed by atoms with Gasteiger partial charge in [-0.15, -0.1) is 0 Å². The van der Waals surface area contributed by atoms with Crippen molar-refractivity contribution in [3.05, 3.63) is 59.4 Å². The second kappa shape index (κ2) is 9.94. The van der Waals surface area contributed by atoms with Crippen LogP contribution in [0.1, 0.15) is 47.4 Å². The van der Waals surface area contributed by atoms with Crippen LogP contribution >= 0.6 is 0 Å². The quantitative estimate of drug-likeness (QED) is 0.687. The van der Waals surface area contributed by atoms with Crippen LogP contribution in [-0.4, -0.2) is 59.4 Å². The van der Waals surface area contributed by atoms with Gasteiger partial charge in [-0.05, 0) is 68.9 Å². The Bertz CT molecular complexity index is 930. The number of rotatable bonds is 7. The monoisotopic (exact) mass is 421 g/mol. The van der Waals surface area contributed by atoms with Crippen molar-refractivity contribution in [2.45, 2.75) is 39.0 Å². The lowest BCUT2D eigenvalue weighted by atomic mass is 9.92. The lowest BCUT2D eigenvalue weighted by Crippen LogP contribution is -2.40. The van der Waals surface area contributed by atoms with E-state index in [0.29, 0.717) is 36.8 Å². The average molecular weight is 422 g/mol. The molecule has 0 bridgehead atoms. The Balaban J connectivity index is 1.32. The van der Waals surface area contributed by atoms with Crippen molar-refractivity contribution in [1.82, 2.24) is 14.8 Å². The van der Waals surface area contributed by atoms with E-state index in [-0.39, 0.29) is 11.8 Å². The Hall–Kier alpha value is -2.89. The summed E-state index contributed by atoms with van der Waals surface area (Å²) in [6, 6.07) is 13.5. The molecule has 4 rings (SSSR count). The molecule has 0 aliphatic carbocycles. The molecular formula is C25H31N3O3. The summed E-state index contributed by atoms with van der Waals surface area (Å²) < 4.78 is 5.83. The number of hydrogen-bond acceptors (Lipinski definition) is 4. The van der Waals surface area contributed by atoms with Gasteiger partial charge in [-0.3, -0.25) is 14.6 Å². The Morgan fingerprint density at radius 2 is 2.03 bits per heavy atom. The first-order valence-electron chi connectivity index (χ1n) is 11.3. The van der Waals surface area contributed by atoms with Gasteiger partial charge in [0.25, 0.3) is 5.91 Å². The zero-order valence-electron chi connectivity index (χ0n) is 18.3. The summed E-state index contributed by atoms with van der Waals surface area (Å²) in [6.07, 6.45) is 4.62. The van der Waals surface area contributed by atoms with Crippen LogP contribution in [0.25, 0.3) is 0 Å². The van der Waals surface area contributed by atoms with E-state index in [1.807, 2.05) is 47.1 Å². The highest BCUT2D eigenvalue weighted by molar-refractivity contribution is 5.94. The van der Waals surface area contributed by atoms with Crippen LogP contribution in [0, 0.1) is 12.8 Å². The highest BCUT2D eigenvalue weighted by Crippen LogP contribution is 2.23. The SMILES string of the molecule is Cc1cccc(CC2CCCN(C(=O)c3cccc(OCCN4CCCC4=O)c3)C2)n1. The number of benzene rings is 1. The minimum Gasteiger partial charge on any atom is -0.492 e. The molecule has 2 fully saturated rings. The van der Waals surface area contributed by atoms with Gasteiger partial charge >= 0.3 is 0 Å². The van der Waals surface area contributed by atoms with Crippen molar-refractivity contribution < 1.29 is 14.3 Å². The molecule has 0 spiro atoms. The van der Waals surface area contributed by atoms with Gasteiger partial charge in [0.15, 0.2) is 0 Å². The average Bonchev–Trinajstić information content (AvgIpc) is 3.18. The number of amides is 2. The smallest absolute Gasteiger partial charge is 0.253 e. The van der Waals surface area contributed by atoms with Crippen molar-refractivity contribution in [2.75, 3.05) is 32.8 Å². The number of hydrogen-bond donors (Lipinski definition) is 0. The zero-order chi connectivity index (χ0) is 21.6. The summed E-state index contributed by atoms with van der Waals surface area (Å²) in [4.78, 5) is 33.3. The van der Waals surface area contributed by atoms with Crippen molar-refractivity contribution in [3.63, 3.8) is 0 Å². The van der Waals surface area contributed by atoms with Crippen LogP contribution < -0.4 is 4.74 Å². The standard InChI is InChI=1S/C25H31N3O3/c1-19-6-2-9-22(26-19)16-20-7-4-13-28(18-20)25(30)21-8-3-10-23(17-21)31-15-14-27-12-5-11-24(27)29/h2-3,6,8-10,17,20H,4-5,7,11-16,18H2,1H3. The third-order valence-electron chi connectivity index (χ3n) is 6.13. The molecule has 2 aliphatic rings. The van der Waals surface area contributed by atoms with Crippen molar-refractivity contribution in [3.8, 4) is 5.75 Å². The summed E-state index contributed by atoms with van der Waals surface area (Å²) in [6.45, 7) is 5.42. The van der Waals surface area contributed by atoms with Gasteiger partial charge in [0, 0.05) is 43.0 Å². The molecule has 2 aliphatic heterocycles. The molecule has 2 amide bonds. The van der Waals surface area contributed by atoms with Gasteiger partial charge in [0.2, 0.25) is 5.91 Å². The highest BCUT2D eigenvalue weighted by atomic mass is 16.5. The molecule has 3 heterocycles. The third-order valence-corrected chi connectivity index (χ3v) is 6.13. The molecule has 164 valence electrons.